The summed E-state index contributed by atoms with van der Waals surface area (Å²) in [4.78, 5) is 13.3. The number of hydrogen-bond donors (Lipinski definition) is 1. The highest BCUT2D eigenvalue weighted by Crippen LogP contribution is 2.16. The number of amides is 1. The maximum absolute atomic E-state index is 13.5. The van der Waals surface area contributed by atoms with Gasteiger partial charge in [-0.05, 0) is 25.1 Å². The number of carbonyl (C=O) groups excluding carboxylic acids is 1. The van der Waals surface area contributed by atoms with Gasteiger partial charge in [0.25, 0.3) is 5.91 Å². The predicted octanol–water partition coefficient (Wildman–Crippen LogP) is 1.90. The van der Waals surface area contributed by atoms with Crippen molar-refractivity contribution in [3.05, 3.63) is 34.6 Å². The van der Waals surface area contributed by atoms with Crippen LogP contribution in [0.15, 0.2) is 18.2 Å². The number of carbonyl (C=O) groups is 1. The van der Waals surface area contributed by atoms with Crippen LogP contribution in [-0.2, 0) is 0 Å². The molecule has 0 saturated heterocycles. The van der Waals surface area contributed by atoms with Gasteiger partial charge in [0.15, 0.2) is 0 Å². The van der Waals surface area contributed by atoms with E-state index in [1.807, 2.05) is 0 Å². The second kappa shape index (κ2) is 5.27. The highest BCUT2D eigenvalue weighted by atomic mass is 35.5. The van der Waals surface area contributed by atoms with Crippen LogP contribution in [0.3, 0.4) is 0 Å². The van der Waals surface area contributed by atoms with Crippen LogP contribution in [0.2, 0.25) is 5.02 Å². The molecule has 0 aliphatic heterocycles. The number of likely N-dealkylation sites (N-methyl/N-ethyl adjacent to an activating group) is 1. The fourth-order valence-corrected chi connectivity index (χ4v) is 1.37. The van der Waals surface area contributed by atoms with Gasteiger partial charge in [0.05, 0.1) is 5.56 Å². The van der Waals surface area contributed by atoms with Crippen LogP contribution in [0.25, 0.3) is 0 Å². The second-order valence-electron chi connectivity index (χ2n) is 3.62. The van der Waals surface area contributed by atoms with Crippen LogP contribution in [0, 0.1) is 5.82 Å². The lowest BCUT2D eigenvalue weighted by Crippen LogP contribution is -2.40. The van der Waals surface area contributed by atoms with Crippen molar-refractivity contribution in [2.24, 2.45) is 5.73 Å². The Labute approximate surface area is 99.0 Å². The Kier molecular flexibility index (Phi) is 4.26. The number of benzene rings is 1. The maximum Gasteiger partial charge on any atom is 0.256 e. The van der Waals surface area contributed by atoms with E-state index >= 15 is 0 Å². The first-order chi connectivity index (χ1) is 7.47. The summed E-state index contributed by atoms with van der Waals surface area (Å²) in [5.41, 5.74) is 5.45. The van der Waals surface area contributed by atoms with E-state index in [1.54, 1.807) is 14.0 Å². The quantitative estimate of drug-likeness (QED) is 0.883. The molecule has 3 nitrogen and oxygen atoms in total. The van der Waals surface area contributed by atoms with Crippen LogP contribution in [0.1, 0.15) is 17.3 Å². The average molecular weight is 245 g/mol. The number of nitrogens with two attached hydrogens (primary N) is 1. The predicted molar refractivity (Wildman–Crippen MR) is 62.0 cm³/mol. The van der Waals surface area contributed by atoms with E-state index in [-0.39, 0.29) is 16.6 Å². The maximum atomic E-state index is 13.5. The molecule has 0 aromatic heterocycles. The Morgan fingerprint density at radius 1 is 1.62 bits per heavy atom. The fourth-order valence-electron chi connectivity index (χ4n) is 1.21. The van der Waals surface area contributed by atoms with Crippen molar-refractivity contribution in [1.82, 2.24) is 4.90 Å². The molecule has 88 valence electrons. The Bertz CT molecular complexity index is 398. The van der Waals surface area contributed by atoms with E-state index < -0.39 is 11.7 Å². The molecule has 1 amide bonds. The lowest BCUT2D eigenvalue weighted by Gasteiger charge is -2.23. The third-order valence-corrected chi connectivity index (χ3v) is 2.72. The molecule has 0 radical (unpaired) electrons. The molecule has 1 aromatic carbocycles. The normalized spacial score (nSPS) is 12.3. The molecule has 2 N–H and O–H groups in total. The Morgan fingerprint density at radius 3 is 2.75 bits per heavy atom. The van der Waals surface area contributed by atoms with Gasteiger partial charge in [-0.1, -0.05) is 11.6 Å². The van der Waals surface area contributed by atoms with E-state index in [2.05, 4.69) is 0 Å². The van der Waals surface area contributed by atoms with Gasteiger partial charge in [0.1, 0.15) is 5.82 Å². The third-order valence-electron chi connectivity index (χ3n) is 2.48. The van der Waals surface area contributed by atoms with Crippen LogP contribution < -0.4 is 5.73 Å². The number of rotatable bonds is 3. The molecular formula is C11H14ClFN2O. The standard InChI is InChI=1S/C11H14ClFN2O/c1-7(6-14)15(2)11(16)9-4-3-8(12)5-10(9)13/h3-5,7H,6,14H2,1-2H3. The van der Waals surface area contributed by atoms with Crippen molar-refractivity contribution in [3.8, 4) is 0 Å². The zero-order valence-electron chi connectivity index (χ0n) is 9.21. The lowest BCUT2D eigenvalue weighted by atomic mass is 10.1. The first kappa shape index (κ1) is 12.9. The molecule has 1 rings (SSSR count). The summed E-state index contributed by atoms with van der Waals surface area (Å²) in [5.74, 6) is -1.01. The third kappa shape index (κ3) is 2.71. The molecule has 0 heterocycles. The Balaban J connectivity index is 2.96. The first-order valence-corrected chi connectivity index (χ1v) is 5.27. The zero-order valence-corrected chi connectivity index (χ0v) is 9.96. The van der Waals surface area contributed by atoms with Gasteiger partial charge in [-0.2, -0.15) is 0 Å². The highest BCUT2D eigenvalue weighted by Gasteiger charge is 2.19. The fraction of sp³-hybridized carbons (Fsp3) is 0.364. The van der Waals surface area contributed by atoms with E-state index in [0.29, 0.717) is 6.54 Å². The van der Waals surface area contributed by atoms with Crippen molar-refractivity contribution >= 4 is 17.5 Å². The summed E-state index contributed by atoms with van der Waals surface area (Å²) in [6, 6.07) is 3.84. The van der Waals surface area contributed by atoms with Gasteiger partial charge >= 0.3 is 0 Å². The molecule has 16 heavy (non-hydrogen) atoms. The largest absolute Gasteiger partial charge is 0.338 e. The van der Waals surface area contributed by atoms with Crippen molar-refractivity contribution in [3.63, 3.8) is 0 Å². The molecule has 5 heteroatoms. The van der Waals surface area contributed by atoms with Crippen LogP contribution in [-0.4, -0.2) is 30.4 Å². The second-order valence-corrected chi connectivity index (χ2v) is 4.06. The minimum absolute atomic E-state index is 0.00667. The van der Waals surface area contributed by atoms with Crippen LogP contribution in [0.5, 0.6) is 0 Å². The van der Waals surface area contributed by atoms with Gasteiger partial charge in [-0.15, -0.1) is 0 Å². The topological polar surface area (TPSA) is 46.3 Å². The van der Waals surface area contributed by atoms with Crippen molar-refractivity contribution in [2.75, 3.05) is 13.6 Å². The lowest BCUT2D eigenvalue weighted by molar-refractivity contribution is 0.0743. The van der Waals surface area contributed by atoms with Gasteiger partial charge < -0.3 is 10.6 Å². The molecule has 1 unspecified atom stereocenters. The van der Waals surface area contributed by atoms with E-state index in [1.165, 1.54) is 17.0 Å². The molecular weight excluding hydrogens is 231 g/mol. The van der Waals surface area contributed by atoms with E-state index in [4.69, 9.17) is 17.3 Å². The summed E-state index contributed by atoms with van der Waals surface area (Å²) in [6.07, 6.45) is 0. The molecule has 0 fully saturated rings. The first-order valence-electron chi connectivity index (χ1n) is 4.89. The Morgan fingerprint density at radius 2 is 2.25 bits per heavy atom. The zero-order chi connectivity index (χ0) is 12.3. The van der Waals surface area contributed by atoms with Crippen molar-refractivity contribution < 1.29 is 9.18 Å². The minimum atomic E-state index is -0.617. The molecule has 1 aromatic rings. The molecule has 0 aliphatic rings. The van der Waals surface area contributed by atoms with Gasteiger partial charge in [0, 0.05) is 24.7 Å². The molecule has 0 aliphatic carbocycles. The number of hydrogen-bond acceptors (Lipinski definition) is 2. The molecule has 1 atom stereocenters. The summed E-state index contributed by atoms with van der Waals surface area (Å²) in [7, 11) is 1.59. The Hall–Kier alpha value is -1.13. The smallest absolute Gasteiger partial charge is 0.256 e. The SMILES string of the molecule is CC(CN)N(C)C(=O)c1ccc(Cl)cc1F. The summed E-state index contributed by atoms with van der Waals surface area (Å²) >= 11 is 5.61. The molecule has 0 spiro atoms. The monoisotopic (exact) mass is 244 g/mol. The molecule has 0 saturated carbocycles. The van der Waals surface area contributed by atoms with Gasteiger partial charge in [0.2, 0.25) is 0 Å². The van der Waals surface area contributed by atoms with E-state index in [0.717, 1.165) is 6.07 Å². The number of halogens is 2. The van der Waals surface area contributed by atoms with Gasteiger partial charge in [-0.3, -0.25) is 4.79 Å². The summed E-state index contributed by atoms with van der Waals surface area (Å²) < 4.78 is 13.5. The van der Waals surface area contributed by atoms with Crippen LogP contribution in [0.4, 0.5) is 4.39 Å². The molecule has 0 bridgehead atoms. The van der Waals surface area contributed by atoms with Crippen molar-refractivity contribution in [2.45, 2.75) is 13.0 Å². The minimum Gasteiger partial charge on any atom is -0.338 e. The number of nitrogens with zero attached hydrogens (tertiary/aromatic N) is 1. The average Bonchev–Trinajstić information content (AvgIpc) is 2.26. The van der Waals surface area contributed by atoms with Gasteiger partial charge in [-0.25, -0.2) is 4.39 Å². The van der Waals surface area contributed by atoms with E-state index in [9.17, 15) is 9.18 Å². The highest BCUT2D eigenvalue weighted by molar-refractivity contribution is 6.30. The summed E-state index contributed by atoms with van der Waals surface area (Å²) in [6.45, 7) is 2.13. The summed E-state index contributed by atoms with van der Waals surface area (Å²) in [5, 5.41) is 0.267. The van der Waals surface area contributed by atoms with Crippen molar-refractivity contribution in [1.29, 1.82) is 0 Å². The van der Waals surface area contributed by atoms with Crippen LogP contribution >= 0.6 is 11.6 Å².